The first kappa shape index (κ1) is 11.8. The summed E-state index contributed by atoms with van der Waals surface area (Å²) in [6.07, 6.45) is -2.48. The maximum Gasteiger partial charge on any atom is 0.265 e. The summed E-state index contributed by atoms with van der Waals surface area (Å²) in [5.41, 5.74) is 6.46. The molecule has 1 rings (SSSR count). The maximum absolute atomic E-state index is 12.8. The Labute approximate surface area is 88.7 Å². The van der Waals surface area contributed by atoms with Crippen LogP contribution in [0.3, 0.4) is 0 Å². The molecule has 0 aliphatic rings. The summed E-state index contributed by atoms with van der Waals surface area (Å²) in [5.74, 6) is 0. The van der Waals surface area contributed by atoms with Crippen LogP contribution in [-0.4, -0.2) is 13.1 Å². The van der Waals surface area contributed by atoms with E-state index < -0.39 is 6.43 Å². The van der Waals surface area contributed by atoms with Gasteiger partial charge in [-0.15, -0.1) is 0 Å². The summed E-state index contributed by atoms with van der Waals surface area (Å²) in [6, 6.07) is 4.65. The number of alkyl halides is 2. The van der Waals surface area contributed by atoms with Gasteiger partial charge in [-0.1, -0.05) is 0 Å². The summed E-state index contributed by atoms with van der Waals surface area (Å²) in [6.45, 7) is 5.30. The molecule has 0 saturated carbocycles. The third-order valence-corrected chi connectivity index (χ3v) is 2.39. The molecule has 0 heterocycles. The number of halogens is 2. The molecule has 1 aromatic carbocycles. The average Bonchev–Trinajstić information content (AvgIpc) is 2.21. The van der Waals surface area contributed by atoms with Crippen LogP contribution >= 0.6 is 0 Å². The van der Waals surface area contributed by atoms with E-state index in [1.165, 1.54) is 6.07 Å². The van der Waals surface area contributed by atoms with Crippen LogP contribution < -0.4 is 10.6 Å². The van der Waals surface area contributed by atoms with Gasteiger partial charge in [0.1, 0.15) is 0 Å². The minimum absolute atomic E-state index is 0.0127. The van der Waals surface area contributed by atoms with Crippen molar-refractivity contribution in [2.24, 2.45) is 0 Å². The van der Waals surface area contributed by atoms with Crippen LogP contribution in [0.4, 0.5) is 20.2 Å². The molecule has 2 nitrogen and oxygen atoms in total. The zero-order chi connectivity index (χ0) is 11.4. The summed E-state index contributed by atoms with van der Waals surface area (Å²) in [4.78, 5) is 1.89. The fourth-order valence-electron chi connectivity index (χ4n) is 1.60. The predicted molar refractivity (Wildman–Crippen MR) is 59.4 cm³/mol. The molecule has 0 saturated heterocycles. The minimum atomic E-state index is -2.48. The minimum Gasteiger partial charge on any atom is -0.399 e. The highest BCUT2D eigenvalue weighted by molar-refractivity contribution is 5.60. The lowest BCUT2D eigenvalue weighted by Crippen LogP contribution is -2.23. The van der Waals surface area contributed by atoms with Crippen LogP contribution in [0.15, 0.2) is 18.2 Å². The van der Waals surface area contributed by atoms with Gasteiger partial charge < -0.3 is 10.6 Å². The Morgan fingerprint density at radius 3 is 2.33 bits per heavy atom. The van der Waals surface area contributed by atoms with Crippen LogP contribution in [0.1, 0.15) is 25.8 Å². The SMILES string of the molecule is CCN(CC)c1ccc(N)cc1C(F)F. The average molecular weight is 214 g/mol. The van der Waals surface area contributed by atoms with Gasteiger partial charge in [-0.2, -0.15) is 0 Å². The maximum atomic E-state index is 12.8. The Morgan fingerprint density at radius 1 is 1.27 bits per heavy atom. The van der Waals surface area contributed by atoms with E-state index in [1.807, 2.05) is 18.7 Å². The van der Waals surface area contributed by atoms with Crippen molar-refractivity contribution in [2.45, 2.75) is 20.3 Å². The van der Waals surface area contributed by atoms with Gasteiger partial charge in [-0.05, 0) is 32.0 Å². The van der Waals surface area contributed by atoms with E-state index in [1.54, 1.807) is 12.1 Å². The largest absolute Gasteiger partial charge is 0.399 e. The van der Waals surface area contributed by atoms with Crippen LogP contribution in [0.2, 0.25) is 0 Å². The van der Waals surface area contributed by atoms with E-state index in [4.69, 9.17) is 5.73 Å². The molecule has 4 heteroatoms. The van der Waals surface area contributed by atoms with Crippen molar-refractivity contribution >= 4 is 11.4 Å². The molecule has 0 bridgehead atoms. The number of nitrogens with zero attached hydrogens (tertiary/aromatic N) is 1. The first-order valence-corrected chi connectivity index (χ1v) is 5.02. The van der Waals surface area contributed by atoms with E-state index in [0.717, 1.165) is 0 Å². The Balaban J connectivity index is 3.15. The zero-order valence-electron chi connectivity index (χ0n) is 9.00. The van der Waals surface area contributed by atoms with Gasteiger partial charge in [0.15, 0.2) is 0 Å². The van der Waals surface area contributed by atoms with Gasteiger partial charge >= 0.3 is 0 Å². The number of nitrogen functional groups attached to an aromatic ring is 1. The number of anilines is 2. The molecule has 1 aromatic rings. The molecule has 0 atom stereocenters. The molecular weight excluding hydrogens is 198 g/mol. The van der Waals surface area contributed by atoms with Crippen molar-refractivity contribution < 1.29 is 8.78 Å². The molecule has 0 unspecified atom stereocenters. The lowest BCUT2D eigenvalue weighted by atomic mass is 10.1. The second-order valence-corrected chi connectivity index (χ2v) is 3.29. The molecular formula is C11H16F2N2. The Bertz CT molecular complexity index is 322. The first-order valence-electron chi connectivity index (χ1n) is 5.02. The van der Waals surface area contributed by atoms with Crippen LogP contribution in [-0.2, 0) is 0 Å². The van der Waals surface area contributed by atoms with Gasteiger partial charge in [-0.3, -0.25) is 0 Å². The number of benzene rings is 1. The molecule has 0 aliphatic heterocycles. The molecule has 0 amide bonds. The number of rotatable bonds is 4. The summed E-state index contributed by atoms with van der Waals surface area (Å²) in [7, 11) is 0. The predicted octanol–water partition coefficient (Wildman–Crippen LogP) is 3.05. The van der Waals surface area contributed by atoms with E-state index in [9.17, 15) is 8.78 Å². The molecule has 15 heavy (non-hydrogen) atoms. The summed E-state index contributed by atoms with van der Waals surface area (Å²) in [5, 5.41) is 0. The van der Waals surface area contributed by atoms with Crippen molar-refractivity contribution in [1.29, 1.82) is 0 Å². The quantitative estimate of drug-likeness (QED) is 0.780. The molecule has 2 N–H and O–H groups in total. The molecule has 0 radical (unpaired) electrons. The van der Waals surface area contributed by atoms with Crippen molar-refractivity contribution in [3.8, 4) is 0 Å². The molecule has 84 valence electrons. The standard InChI is InChI=1S/C11H16F2N2/c1-3-15(4-2)10-6-5-8(14)7-9(10)11(12)13/h5-7,11H,3-4,14H2,1-2H3. The van der Waals surface area contributed by atoms with Crippen LogP contribution in [0, 0.1) is 0 Å². The number of hydrogen-bond donors (Lipinski definition) is 1. The van der Waals surface area contributed by atoms with Crippen molar-refractivity contribution in [3.05, 3.63) is 23.8 Å². The molecule has 0 fully saturated rings. The first-order chi connectivity index (χ1) is 7.10. The Hall–Kier alpha value is -1.32. The van der Waals surface area contributed by atoms with Gasteiger partial charge in [-0.25, -0.2) is 8.78 Å². The lowest BCUT2D eigenvalue weighted by molar-refractivity contribution is 0.152. The fraction of sp³-hybridized carbons (Fsp3) is 0.455. The topological polar surface area (TPSA) is 29.3 Å². The zero-order valence-corrected chi connectivity index (χ0v) is 9.00. The highest BCUT2D eigenvalue weighted by Crippen LogP contribution is 2.31. The monoisotopic (exact) mass is 214 g/mol. The molecule has 0 spiro atoms. The fourth-order valence-corrected chi connectivity index (χ4v) is 1.60. The molecule has 0 aliphatic carbocycles. The number of nitrogens with two attached hydrogens (primary N) is 1. The summed E-state index contributed by atoms with van der Waals surface area (Å²) < 4.78 is 25.5. The van der Waals surface area contributed by atoms with Crippen LogP contribution in [0.25, 0.3) is 0 Å². The number of hydrogen-bond acceptors (Lipinski definition) is 2. The Morgan fingerprint density at radius 2 is 1.87 bits per heavy atom. The van der Waals surface area contributed by atoms with E-state index in [-0.39, 0.29) is 5.56 Å². The summed E-state index contributed by atoms with van der Waals surface area (Å²) >= 11 is 0. The third-order valence-electron chi connectivity index (χ3n) is 2.39. The second kappa shape index (κ2) is 4.96. The van der Waals surface area contributed by atoms with Gasteiger partial charge in [0.2, 0.25) is 0 Å². The van der Waals surface area contributed by atoms with Gasteiger partial charge in [0, 0.05) is 30.0 Å². The highest BCUT2D eigenvalue weighted by Gasteiger charge is 2.16. The molecule has 0 aromatic heterocycles. The van der Waals surface area contributed by atoms with Crippen molar-refractivity contribution in [2.75, 3.05) is 23.7 Å². The second-order valence-electron chi connectivity index (χ2n) is 3.29. The Kier molecular flexibility index (Phi) is 3.88. The van der Waals surface area contributed by atoms with Crippen molar-refractivity contribution in [3.63, 3.8) is 0 Å². The normalized spacial score (nSPS) is 10.7. The van der Waals surface area contributed by atoms with E-state index >= 15 is 0 Å². The smallest absolute Gasteiger partial charge is 0.265 e. The third kappa shape index (κ3) is 2.58. The van der Waals surface area contributed by atoms with Crippen LogP contribution in [0.5, 0.6) is 0 Å². The van der Waals surface area contributed by atoms with Crippen molar-refractivity contribution in [1.82, 2.24) is 0 Å². The highest BCUT2D eigenvalue weighted by atomic mass is 19.3. The van der Waals surface area contributed by atoms with E-state index in [0.29, 0.717) is 24.5 Å². The van der Waals surface area contributed by atoms with Gasteiger partial charge in [0.05, 0.1) is 0 Å². The van der Waals surface area contributed by atoms with E-state index in [2.05, 4.69) is 0 Å². The van der Waals surface area contributed by atoms with Gasteiger partial charge in [0.25, 0.3) is 6.43 Å². The lowest BCUT2D eigenvalue weighted by Gasteiger charge is -2.24.